The van der Waals surface area contributed by atoms with Crippen LogP contribution in [-0.4, -0.2) is 35.7 Å². The number of nitrogens with two attached hydrogens (primary N) is 1. The Bertz CT molecular complexity index is 420. The number of aliphatic hydroxyl groups excluding tert-OH is 1. The third-order valence-corrected chi connectivity index (χ3v) is 4.53. The van der Waals surface area contributed by atoms with Crippen molar-refractivity contribution in [3.63, 3.8) is 0 Å². The Kier molecular flexibility index (Phi) is 5.48. The van der Waals surface area contributed by atoms with Crippen LogP contribution in [0.1, 0.15) is 30.9 Å². The topological polar surface area (TPSA) is 49.5 Å². The van der Waals surface area contributed by atoms with Crippen molar-refractivity contribution in [3.05, 3.63) is 33.8 Å². The number of benzene rings is 1. The summed E-state index contributed by atoms with van der Waals surface area (Å²) in [5.41, 5.74) is 7.10. The molecule has 106 valence electrons. The van der Waals surface area contributed by atoms with Crippen LogP contribution in [0.15, 0.2) is 18.2 Å². The van der Waals surface area contributed by atoms with Crippen LogP contribution in [0.3, 0.4) is 0 Å². The number of nitrogens with zero attached hydrogens (tertiary/aromatic N) is 1. The lowest BCUT2D eigenvalue weighted by molar-refractivity contribution is 0.0812. The molecule has 1 aromatic rings. The molecule has 1 atom stereocenters. The van der Waals surface area contributed by atoms with Crippen LogP contribution >= 0.6 is 23.2 Å². The number of hydrogen-bond donors (Lipinski definition) is 2. The summed E-state index contributed by atoms with van der Waals surface area (Å²) < 4.78 is 0. The van der Waals surface area contributed by atoms with Gasteiger partial charge in [-0.1, -0.05) is 35.3 Å². The van der Waals surface area contributed by atoms with Gasteiger partial charge in [0.1, 0.15) is 0 Å². The standard InChI is InChI=1S/C14H20Cl2N2O/c15-12-3-1-2-11(14(12)16)13(17)6-9-18-7-4-10(19)5-8-18/h1-3,10,13,19H,4-9,17H2. The third kappa shape index (κ3) is 4.07. The van der Waals surface area contributed by atoms with Gasteiger partial charge in [0.15, 0.2) is 0 Å². The second-order valence-electron chi connectivity index (χ2n) is 5.11. The summed E-state index contributed by atoms with van der Waals surface area (Å²) in [7, 11) is 0. The van der Waals surface area contributed by atoms with Gasteiger partial charge >= 0.3 is 0 Å². The summed E-state index contributed by atoms with van der Waals surface area (Å²) in [5.74, 6) is 0. The molecule has 1 saturated heterocycles. The summed E-state index contributed by atoms with van der Waals surface area (Å²) in [4.78, 5) is 2.34. The summed E-state index contributed by atoms with van der Waals surface area (Å²) in [6.45, 7) is 2.81. The number of hydrogen-bond acceptors (Lipinski definition) is 3. The molecule has 0 aromatic heterocycles. The Labute approximate surface area is 124 Å². The zero-order valence-corrected chi connectivity index (χ0v) is 12.4. The molecule has 3 N–H and O–H groups in total. The van der Waals surface area contributed by atoms with Crippen LogP contribution in [0.4, 0.5) is 0 Å². The molecular formula is C14H20Cl2N2O. The molecule has 1 fully saturated rings. The molecule has 1 unspecified atom stereocenters. The quantitative estimate of drug-likeness (QED) is 0.899. The number of rotatable bonds is 4. The average Bonchev–Trinajstić information content (AvgIpc) is 2.41. The highest BCUT2D eigenvalue weighted by Gasteiger charge is 2.18. The van der Waals surface area contributed by atoms with E-state index in [0.717, 1.165) is 44.5 Å². The molecule has 0 aliphatic carbocycles. The average molecular weight is 303 g/mol. The lowest BCUT2D eigenvalue weighted by Crippen LogP contribution is -2.37. The fraction of sp³-hybridized carbons (Fsp3) is 0.571. The van der Waals surface area contributed by atoms with Crippen LogP contribution in [0, 0.1) is 0 Å². The minimum atomic E-state index is -0.132. The van der Waals surface area contributed by atoms with Crippen molar-refractivity contribution in [2.45, 2.75) is 31.4 Å². The number of piperidine rings is 1. The highest BCUT2D eigenvalue weighted by molar-refractivity contribution is 6.42. The smallest absolute Gasteiger partial charge is 0.0640 e. The normalized spacial score (nSPS) is 19.6. The van der Waals surface area contributed by atoms with Gasteiger partial charge in [0.2, 0.25) is 0 Å². The van der Waals surface area contributed by atoms with E-state index >= 15 is 0 Å². The first-order chi connectivity index (χ1) is 9.08. The largest absolute Gasteiger partial charge is 0.393 e. The van der Waals surface area contributed by atoms with Crippen molar-refractivity contribution in [1.29, 1.82) is 0 Å². The summed E-state index contributed by atoms with van der Waals surface area (Å²) >= 11 is 12.2. The minimum Gasteiger partial charge on any atom is -0.393 e. The number of halogens is 2. The van der Waals surface area contributed by atoms with Gasteiger partial charge in [-0.3, -0.25) is 0 Å². The molecule has 0 saturated carbocycles. The highest BCUT2D eigenvalue weighted by atomic mass is 35.5. The Morgan fingerprint density at radius 2 is 2.00 bits per heavy atom. The molecule has 0 amide bonds. The molecule has 3 nitrogen and oxygen atoms in total. The van der Waals surface area contributed by atoms with Crippen LogP contribution in [0.2, 0.25) is 10.0 Å². The van der Waals surface area contributed by atoms with E-state index in [1.165, 1.54) is 0 Å². The molecule has 0 spiro atoms. The first-order valence-electron chi connectivity index (χ1n) is 6.68. The van der Waals surface area contributed by atoms with E-state index in [9.17, 15) is 5.11 Å². The Hall–Kier alpha value is -0.320. The molecule has 5 heteroatoms. The van der Waals surface area contributed by atoms with Gasteiger partial charge in [-0.25, -0.2) is 0 Å². The van der Waals surface area contributed by atoms with Gasteiger partial charge in [-0.05, 0) is 37.4 Å². The van der Waals surface area contributed by atoms with Gasteiger partial charge in [-0.2, -0.15) is 0 Å². The third-order valence-electron chi connectivity index (χ3n) is 3.69. The van der Waals surface area contributed by atoms with Crippen LogP contribution in [0.5, 0.6) is 0 Å². The minimum absolute atomic E-state index is 0.0990. The first kappa shape index (κ1) is 15.1. The van der Waals surface area contributed by atoms with Crippen molar-refractivity contribution >= 4 is 23.2 Å². The number of likely N-dealkylation sites (tertiary alicyclic amines) is 1. The molecule has 2 rings (SSSR count). The van der Waals surface area contributed by atoms with E-state index in [4.69, 9.17) is 28.9 Å². The van der Waals surface area contributed by atoms with Crippen molar-refractivity contribution in [2.75, 3.05) is 19.6 Å². The first-order valence-corrected chi connectivity index (χ1v) is 7.43. The SMILES string of the molecule is NC(CCN1CCC(O)CC1)c1cccc(Cl)c1Cl. The van der Waals surface area contributed by atoms with Crippen LogP contribution in [0.25, 0.3) is 0 Å². The Morgan fingerprint density at radius 1 is 1.32 bits per heavy atom. The van der Waals surface area contributed by atoms with Crippen molar-refractivity contribution in [3.8, 4) is 0 Å². The predicted octanol–water partition coefficient (Wildman–Crippen LogP) is 2.84. The van der Waals surface area contributed by atoms with Crippen molar-refractivity contribution in [1.82, 2.24) is 4.90 Å². The predicted molar refractivity (Wildman–Crippen MR) is 79.7 cm³/mol. The maximum Gasteiger partial charge on any atom is 0.0640 e. The van der Waals surface area contributed by atoms with Gasteiger partial charge in [0.25, 0.3) is 0 Å². The molecule has 0 bridgehead atoms. The zero-order valence-electron chi connectivity index (χ0n) is 10.9. The number of aliphatic hydroxyl groups is 1. The second-order valence-corrected chi connectivity index (χ2v) is 5.90. The van der Waals surface area contributed by atoms with Crippen molar-refractivity contribution < 1.29 is 5.11 Å². The summed E-state index contributed by atoms with van der Waals surface area (Å²) in [6, 6.07) is 5.48. The van der Waals surface area contributed by atoms with E-state index in [2.05, 4.69) is 4.90 Å². The molecular weight excluding hydrogens is 283 g/mol. The summed E-state index contributed by atoms with van der Waals surface area (Å²) in [5, 5.41) is 10.6. The van der Waals surface area contributed by atoms with E-state index < -0.39 is 0 Å². The Morgan fingerprint density at radius 3 is 2.68 bits per heavy atom. The summed E-state index contributed by atoms with van der Waals surface area (Å²) in [6.07, 6.45) is 2.42. The van der Waals surface area contributed by atoms with Gasteiger partial charge in [-0.15, -0.1) is 0 Å². The van der Waals surface area contributed by atoms with E-state index in [0.29, 0.717) is 10.0 Å². The maximum absolute atomic E-state index is 9.47. The molecule has 1 heterocycles. The molecule has 1 aromatic carbocycles. The van der Waals surface area contributed by atoms with Crippen LogP contribution in [-0.2, 0) is 0 Å². The molecule has 19 heavy (non-hydrogen) atoms. The highest BCUT2D eigenvalue weighted by Crippen LogP contribution is 2.30. The second kappa shape index (κ2) is 6.91. The monoisotopic (exact) mass is 302 g/mol. The molecule has 0 radical (unpaired) electrons. The fourth-order valence-corrected chi connectivity index (χ4v) is 2.87. The van der Waals surface area contributed by atoms with Crippen molar-refractivity contribution in [2.24, 2.45) is 5.73 Å². The van der Waals surface area contributed by atoms with Gasteiger partial charge in [0, 0.05) is 19.1 Å². The molecule has 1 aliphatic rings. The fourth-order valence-electron chi connectivity index (χ4n) is 2.43. The molecule has 1 aliphatic heterocycles. The van der Waals surface area contributed by atoms with E-state index in [1.807, 2.05) is 12.1 Å². The van der Waals surface area contributed by atoms with E-state index in [-0.39, 0.29) is 12.1 Å². The lowest BCUT2D eigenvalue weighted by atomic mass is 10.0. The Balaban J connectivity index is 1.87. The van der Waals surface area contributed by atoms with Gasteiger partial charge < -0.3 is 15.7 Å². The van der Waals surface area contributed by atoms with Gasteiger partial charge in [0.05, 0.1) is 16.1 Å². The lowest BCUT2D eigenvalue weighted by Gasteiger charge is -2.30. The maximum atomic E-state index is 9.47. The van der Waals surface area contributed by atoms with E-state index in [1.54, 1.807) is 6.07 Å². The van der Waals surface area contributed by atoms with Crippen LogP contribution < -0.4 is 5.73 Å². The zero-order chi connectivity index (χ0) is 13.8.